The standard InChI is InChI=1S/C13H12ClNO3S/c1-3-18-10-5-4-8(14)6-9(10)12-15-7(2)11(19-12)13(16)17/h4-6H,3H2,1-2H3,(H,16,17). The van der Waals surface area contributed by atoms with Crippen molar-refractivity contribution in [2.75, 3.05) is 6.61 Å². The highest BCUT2D eigenvalue weighted by atomic mass is 35.5. The Morgan fingerprint density at radius 2 is 2.26 bits per heavy atom. The fourth-order valence-electron chi connectivity index (χ4n) is 1.66. The second kappa shape index (κ2) is 5.59. The first-order chi connectivity index (χ1) is 9.02. The highest BCUT2D eigenvalue weighted by Gasteiger charge is 2.17. The van der Waals surface area contributed by atoms with Crippen LogP contribution in [0.1, 0.15) is 22.3 Å². The number of benzene rings is 1. The molecule has 0 saturated heterocycles. The lowest BCUT2D eigenvalue weighted by Crippen LogP contribution is -1.94. The third kappa shape index (κ3) is 2.88. The van der Waals surface area contributed by atoms with E-state index < -0.39 is 5.97 Å². The molecule has 1 heterocycles. The van der Waals surface area contributed by atoms with Crippen LogP contribution in [0.3, 0.4) is 0 Å². The maximum absolute atomic E-state index is 11.1. The minimum Gasteiger partial charge on any atom is -0.493 e. The van der Waals surface area contributed by atoms with Crippen LogP contribution in [0, 0.1) is 6.92 Å². The summed E-state index contributed by atoms with van der Waals surface area (Å²) in [7, 11) is 0. The highest BCUT2D eigenvalue weighted by molar-refractivity contribution is 7.17. The molecule has 100 valence electrons. The molecule has 4 nitrogen and oxygen atoms in total. The lowest BCUT2D eigenvalue weighted by atomic mass is 10.2. The molecule has 0 amide bonds. The first-order valence-electron chi connectivity index (χ1n) is 5.66. The summed E-state index contributed by atoms with van der Waals surface area (Å²) >= 11 is 7.10. The number of rotatable bonds is 4. The normalized spacial score (nSPS) is 10.5. The Hall–Kier alpha value is -1.59. The number of aryl methyl sites for hydroxylation is 1. The summed E-state index contributed by atoms with van der Waals surface area (Å²) in [6.07, 6.45) is 0. The fourth-order valence-corrected chi connectivity index (χ4v) is 2.76. The van der Waals surface area contributed by atoms with Gasteiger partial charge in [0.2, 0.25) is 0 Å². The molecule has 2 rings (SSSR count). The van der Waals surface area contributed by atoms with Gasteiger partial charge < -0.3 is 9.84 Å². The average molecular weight is 298 g/mol. The fraction of sp³-hybridized carbons (Fsp3) is 0.231. The molecule has 19 heavy (non-hydrogen) atoms. The van der Waals surface area contributed by atoms with Crippen molar-refractivity contribution in [2.45, 2.75) is 13.8 Å². The van der Waals surface area contributed by atoms with E-state index in [1.807, 2.05) is 6.92 Å². The van der Waals surface area contributed by atoms with Crippen molar-refractivity contribution in [1.82, 2.24) is 4.98 Å². The number of nitrogens with zero attached hydrogens (tertiary/aromatic N) is 1. The molecule has 6 heteroatoms. The predicted octanol–water partition coefficient (Wildman–Crippen LogP) is 3.87. The van der Waals surface area contributed by atoms with Crippen LogP contribution in [0.25, 0.3) is 10.6 Å². The summed E-state index contributed by atoms with van der Waals surface area (Å²) in [6, 6.07) is 5.23. The number of aromatic nitrogens is 1. The average Bonchev–Trinajstić information content (AvgIpc) is 2.74. The Morgan fingerprint density at radius 3 is 2.84 bits per heavy atom. The summed E-state index contributed by atoms with van der Waals surface area (Å²) < 4.78 is 5.52. The lowest BCUT2D eigenvalue weighted by Gasteiger charge is -2.08. The van der Waals surface area contributed by atoms with E-state index in [4.69, 9.17) is 21.4 Å². The Labute approximate surface area is 119 Å². The van der Waals surface area contributed by atoms with Crippen molar-refractivity contribution in [2.24, 2.45) is 0 Å². The number of ether oxygens (including phenoxy) is 1. The number of carboxylic acid groups (broad SMARTS) is 1. The summed E-state index contributed by atoms with van der Waals surface area (Å²) in [5, 5.41) is 10.2. The van der Waals surface area contributed by atoms with Crippen LogP contribution >= 0.6 is 22.9 Å². The van der Waals surface area contributed by atoms with Crippen molar-refractivity contribution in [3.8, 4) is 16.3 Å². The maximum Gasteiger partial charge on any atom is 0.347 e. The van der Waals surface area contributed by atoms with Crippen LogP contribution in [-0.2, 0) is 0 Å². The van der Waals surface area contributed by atoms with Crippen molar-refractivity contribution in [3.63, 3.8) is 0 Å². The van der Waals surface area contributed by atoms with Gasteiger partial charge in [-0.1, -0.05) is 11.6 Å². The van der Waals surface area contributed by atoms with Gasteiger partial charge in [-0.2, -0.15) is 0 Å². The van der Waals surface area contributed by atoms with Gasteiger partial charge in [-0.15, -0.1) is 11.3 Å². The van der Waals surface area contributed by atoms with Crippen molar-refractivity contribution >= 4 is 28.9 Å². The number of aromatic carboxylic acids is 1. The number of carboxylic acids is 1. The predicted molar refractivity (Wildman–Crippen MR) is 75.4 cm³/mol. The number of hydrogen-bond acceptors (Lipinski definition) is 4. The zero-order chi connectivity index (χ0) is 14.0. The van der Waals surface area contributed by atoms with Gasteiger partial charge in [-0.05, 0) is 32.0 Å². The lowest BCUT2D eigenvalue weighted by molar-refractivity contribution is 0.0701. The maximum atomic E-state index is 11.1. The molecule has 0 radical (unpaired) electrons. The summed E-state index contributed by atoms with van der Waals surface area (Å²) in [5.41, 5.74) is 1.21. The molecule has 0 fully saturated rings. The number of thiazole rings is 1. The Kier molecular flexibility index (Phi) is 4.07. The molecule has 0 spiro atoms. The number of halogens is 1. The van der Waals surface area contributed by atoms with Crippen LogP contribution in [0.5, 0.6) is 5.75 Å². The van der Waals surface area contributed by atoms with Crippen LogP contribution in [-0.4, -0.2) is 22.7 Å². The molecule has 0 unspecified atom stereocenters. The van der Waals surface area contributed by atoms with Gasteiger partial charge in [0.05, 0.1) is 17.9 Å². The number of hydrogen-bond donors (Lipinski definition) is 1. The SMILES string of the molecule is CCOc1ccc(Cl)cc1-c1nc(C)c(C(=O)O)s1. The van der Waals surface area contributed by atoms with Gasteiger partial charge in [-0.3, -0.25) is 0 Å². The second-order valence-corrected chi connectivity index (χ2v) is 5.25. The van der Waals surface area contributed by atoms with Crippen LogP contribution in [0.4, 0.5) is 0 Å². The van der Waals surface area contributed by atoms with Gasteiger partial charge in [0.15, 0.2) is 0 Å². The Balaban J connectivity index is 2.54. The van der Waals surface area contributed by atoms with E-state index in [1.54, 1.807) is 25.1 Å². The van der Waals surface area contributed by atoms with E-state index in [9.17, 15) is 4.79 Å². The smallest absolute Gasteiger partial charge is 0.347 e. The van der Waals surface area contributed by atoms with E-state index >= 15 is 0 Å². The topological polar surface area (TPSA) is 59.4 Å². The van der Waals surface area contributed by atoms with Gasteiger partial charge in [-0.25, -0.2) is 9.78 Å². The van der Waals surface area contributed by atoms with Crippen LogP contribution in [0.15, 0.2) is 18.2 Å². The third-order valence-corrected chi connectivity index (χ3v) is 3.88. The molecule has 0 aliphatic heterocycles. The van der Waals surface area contributed by atoms with Crippen molar-refractivity contribution < 1.29 is 14.6 Å². The molecule has 0 aliphatic carbocycles. The third-order valence-electron chi connectivity index (χ3n) is 2.46. The molecule has 1 aromatic carbocycles. The molecule has 1 N–H and O–H groups in total. The monoisotopic (exact) mass is 297 g/mol. The summed E-state index contributed by atoms with van der Waals surface area (Å²) in [6.45, 7) is 4.08. The minimum atomic E-state index is -0.971. The molecule has 1 aromatic heterocycles. The first kappa shape index (κ1) is 13.8. The van der Waals surface area contributed by atoms with Crippen molar-refractivity contribution in [3.05, 3.63) is 33.8 Å². The minimum absolute atomic E-state index is 0.234. The van der Waals surface area contributed by atoms with E-state index in [-0.39, 0.29) is 4.88 Å². The Bertz CT molecular complexity index is 624. The van der Waals surface area contributed by atoms with Gasteiger partial charge in [0, 0.05) is 5.02 Å². The van der Waals surface area contributed by atoms with Crippen LogP contribution in [0.2, 0.25) is 5.02 Å². The second-order valence-electron chi connectivity index (χ2n) is 3.81. The molecule has 0 aliphatic rings. The van der Waals surface area contributed by atoms with Crippen molar-refractivity contribution in [1.29, 1.82) is 0 Å². The molecule has 0 bridgehead atoms. The zero-order valence-corrected chi connectivity index (χ0v) is 12.0. The molecule has 2 aromatic rings. The Morgan fingerprint density at radius 1 is 1.53 bits per heavy atom. The first-order valence-corrected chi connectivity index (χ1v) is 6.85. The van der Waals surface area contributed by atoms with E-state index in [1.165, 1.54) is 0 Å². The number of carbonyl (C=O) groups is 1. The molecular formula is C13H12ClNO3S. The quantitative estimate of drug-likeness (QED) is 0.930. The molecular weight excluding hydrogens is 286 g/mol. The van der Waals surface area contributed by atoms with Gasteiger partial charge in [0.1, 0.15) is 15.6 Å². The van der Waals surface area contributed by atoms with E-state index in [2.05, 4.69) is 4.98 Å². The summed E-state index contributed by atoms with van der Waals surface area (Å²) in [4.78, 5) is 15.6. The zero-order valence-electron chi connectivity index (χ0n) is 10.4. The van der Waals surface area contributed by atoms with Gasteiger partial charge in [0.25, 0.3) is 0 Å². The summed E-state index contributed by atoms with van der Waals surface area (Å²) in [5.74, 6) is -0.321. The largest absolute Gasteiger partial charge is 0.493 e. The van der Waals surface area contributed by atoms with Gasteiger partial charge >= 0.3 is 5.97 Å². The molecule has 0 saturated carbocycles. The van der Waals surface area contributed by atoms with E-state index in [0.717, 1.165) is 16.9 Å². The van der Waals surface area contributed by atoms with E-state index in [0.29, 0.717) is 28.1 Å². The highest BCUT2D eigenvalue weighted by Crippen LogP contribution is 2.36. The molecule has 0 atom stereocenters. The van der Waals surface area contributed by atoms with Crippen LogP contribution < -0.4 is 4.74 Å².